The Hall–Kier alpha value is -1.82. The van der Waals surface area contributed by atoms with Crippen molar-refractivity contribution in [3.05, 3.63) is 28.8 Å². The van der Waals surface area contributed by atoms with Gasteiger partial charge >= 0.3 is 0 Å². The zero-order valence-electron chi connectivity index (χ0n) is 11.9. The fourth-order valence-electron chi connectivity index (χ4n) is 1.80. The second-order valence-electron chi connectivity index (χ2n) is 4.92. The van der Waals surface area contributed by atoms with Crippen molar-refractivity contribution in [1.29, 1.82) is 0 Å². The molecule has 2 aromatic rings. The van der Waals surface area contributed by atoms with E-state index in [1.54, 1.807) is 17.4 Å². The van der Waals surface area contributed by atoms with Gasteiger partial charge in [-0.1, -0.05) is 37.3 Å². The quantitative estimate of drug-likeness (QED) is 0.856. The van der Waals surface area contributed by atoms with Crippen LogP contribution in [0, 0.1) is 5.92 Å². The van der Waals surface area contributed by atoms with Gasteiger partial charge in [0, 0.05) is 18.5 Å². The van der Waals surface area contributed by atoms with E-state index in [0.717, 1.165) is 22.1 Å². The monoisotopic (exact) mass is 293 g/mol. The second-order valence-corrected chi connectivity index (χ2v) is 5.98. The van der Waals surface area contributed by atoms with E-state index in [-0.39, 0.29) is 5.75 Å². The number of hydrogen-bond donors (Lipinski definition) is 2. The summed E-state index contributed by atoms with van der Waals surface area (Å²) < 4.78 is 5.08. The lowest BCUT2D eigenvalue weighted by molar-refractivity contribution is 0.371. The summed E-state index contributed by atoms with van der Waals surface area (Å²) in [5.41, 5.74) is 0.768. The summed E-state index contributed by atoms with van der Waals surface area (Å²) in [6.07, 6.45) is 0.934. The average Bonchev–Trinajstić information content (AvgIpc) is 2.84. The Morgan fingerprint density at radius 3 is 2.85 bits per heavy atom. The highest BCUT2D eigenvalue weighted by Crippen LogP contribution is 2.30. The zero-order valence-corrected chi connectivity index (χ0v) is 12.7. The van der Waals surface area contributed by atoms with E-state index >= 15 is 0 Å². The van der Waals surface area contributed by atoms with Gasteiger partial charge < -0.3 is 15.2 Å². The molecular weight excluding hydrogens is 274 g/mol. The Balaban J connectivity index is 2.00. The number of rotatable bonds is 6. The number of methoxy groups -OCH3 is 1. The predicted octanol–water partition coefficient (Wildman–Crippen LogP) is 3.06. The number of aromatic hydroxyl groups is 1. The SMILES string of the molecule is COc1cccc(CNc2nnc(CC(C)C)s2)c1O. The van der Waals surface area contributed by atoms with Crippen molar-refractivity contribution in [1.82, 2.24) is 10.2 Å². The number of anilines is 1. The third kappa shape index (κ3) is 3.60. The van der Waals surface area contributed by atoms with Gasteiger partial charge in [0.1, 0.15) is 5.01 Å². The molecule has 20 heavy (non-hydrogen) atoms. The molecule has 0 saturated heterocycles. The molecular formula is C14H19N3O2S. The van der Waals surface area contributed by atoms with Crippen molar-refractivity contribution in [2.75, 3.05) is 12.4 Å². The van der Waals surface area contributed by atoms with Crippen molar-refractivity contribution in [3.63, 3.8) is 0 Å². The first kappa shape index (κ1) is 14.6. The van der Waals surface area contributed by atoms with Crippen LogP contribution in [0.3, 0.4) is 0 Å². The van der Waals surface area contributed by atoms with Crippen LogP contribution in [0.25, 0.3) is 0 Å². The second kappa shape index (κ2) is 6.56. The zero-order chi connectivity index (χ0) is 14.5. The van der Waals surface area contributed by atoms with Gasteiger partial charge in [0.05, 0.1) is 7.11 Å². The lowest BCUT2D eigenvalue weighted by Crippen LogP contribution is -2.00. The van der Waals surface area contributed by atoms with Crippen LogP contribution in [0.4, 0.5) is 5.13 Å². The predicted molar refractivity (Wildman–Crippen MR) is 80.4 cm³/mol. The van der Waals surface area contributed by atoms with Crippen molar-refractivity contribution in [2.24, 2.45) is 5.92 Å². The number of nitrogens with one attached hydrogen (secondary N) is 1. The van der Waals surface area contributed by atoms with E-state index in [1.807, 2.05) is 12.1 Å². The first-order valence-electron chi connectivity index (χ1n) is 6.51. The van der Waals surface area contributed by atoms with E-state index < -0.39 is 0 Å². The number of phenolic OH excluding ortho intramolecular Hbond substituents is 1. The Morgan fingerprint density at radius 1 is 1.35 bits per heavy atom. The Morgan fingerprint density at radius 2 is 2.15 bits per heavy atom. The van der Waals surface area contributed by atoms with Crippen molar-refractivity contribution in [2.45, 2.75) is 26.8 Å². The van der Waals surface area contributed by atoms with E-state index in [2.05, 4.69) is 29.4 Å². The highest BCUT2D eigenvalue weighted by atomic mass is 32.1. The Labute approximate surface area is 122 Å². The molecule has 0 aliphatic heterocycles. The number of aromatic nitrogens is 2. The third-order valence-corrected chi connectivity index (χ3v) is 3.69. The summed E-state index contributed by atoms with van der Waals surface area (Å²) in [6.45, 7) is 4.80. The average molecular weight is 293 g/mol. The van der Waals surface area contributed by atoms with E-state index in [9.17, 15) is 5.11 Å². The third-order valence-electron chi connectivity index (χ3n) is 2.78. The summed E-state index contributed by atoms with van der Waals surface area (Å²) in [4.78, 5) is 0. The highest BCUT2D eigenvalue weighted by Gasteiger charge is 2.09. The smallest absolute Gasteiger partial charge is 0.205 e. The fraction of sp³-hybridized carbons (Fsp3) is 0.429. The van der Waals surface area contributed by atoms with E-state index in [1.165, 1.54) is 7.11 Å². The maximum atomic E-state index is 9.99. The molecule has 1 aromatic heterocycles. The number of hydrogen-bond acceptors (Lipinski definition) is 6. The van der Waals surface area contributed by atoms with Crippen molar-refractivity contribution in [3.8, 4) is 11.5 Å². The molecule has 5 nitrogen and oxygen atoms in total. The van der Waals surface area contributed by atoms with Crippen molar-refractivity contribution < 1.29 is 9.84 Å². The summed E-state index contributed by atoms with van der Waals surface area (Å²) in [5.74, 6) is 1.20. The Kier molecular flexibility index (Phi) is 4.79. The molecule has 0 spiro atoms. The molecule has 0 fully saturated rings. The van der Waals surface area contributed by atoms with Crippen LogP contribution in [-0.2, 0) is 13.0 Å². The number of phenols is 1. The molecule has 6 heteroatoms. The standard InChI is InChI=1S/C14H19N3O2S/c1-9(2)7-12-16-17-14(20-12)15-8-10-5-4-6-11(19-3)13(10)18/h4-6,9,18H,7-8H2,1-3H3,(H,15,17). The molecule has 108 valence electrons. The van der Waals surface area contributed by atoms with Gasteiger partial charge in [0.25, 0.3) is 0 Å². The van der Waals surface area contributed by atoms with Crippen LogP contribution in [0.1, 0.15) is 24.4 Å². The van der Waals surface area contributed by atoms with Gasteiger partial charge in [-0.15, -0.1) is 10.2 Å². The molecule has 0 atom stereocenters. The molecule has 1 heterocycles. The van der Waals surface area contributed by atoms with Gasteiger partial charge in [-0.2, -0.15) is 0 Å². The molecule has 1 aromatic carbocycles. The van der Waals surface area contributed by atoms with E-state index in [4.69, 9.17) is 4.74 Å². The van der Waals surface area contributed by atoms with Crippen LogP contribution >= 0.6 is 11.3 Å². The molecule has 0 unspecified atom stereocenters. The summed E-state index contributed by atoms with van der Waals surface area (Å²) in [5, 5.41) is 23.2. The molecule has 2 N–H and O–H groups in total. The molecule has 0 aliphatic carbocycles. The number of nitrogens with zero attached hydrogens (tertiary/aromatic N) is 2. The molecule has 2 rings (SSSR count). The topological polar surface area (TPSA) is 67.3 Å². The highest BCUT2D eigenvalue weighted by molar-refractivity contribution is 7.15. The number of ether oxygens (including phenoxy) is 1. The minimum Gasteiger partial charge on any atom is -0.504 e. The largest absolute Gasteiger partial charge is 0.504 e. The fourth-order valence-corrected chi connectivity index (χ4v) is 2.75. The normalized spacial score (nSPS) is 10.8. The summed E-state index contributed by atoms with van der Waals surface area (Å²) in [6, 6.07) is 5.42. The van der Waals surface area contributed by atoms with Gasteiger partial charge in [0.15, 0.2) is 11.5 Å². The first-order chi connectivity index (χ1) is 9.60. The van der Waals surface area contributed by atoms with Crippen LogP contribution in [-0.4, -0.2) is 22.4 Å². The minimum atomic E-state index is 0.161. The van der Waals surface area contributed by atoms with Gasteiger partial charge in [0.2, 0.25) is 5.13 Å². The lowest BCUT2D eigenvalue weighted by atomic mass is 10.1. The van der Waals surface area contributed by atoms with Crippen LogP contribution < -0.4 is 10.1 Å². The van der Waals surface area contributed by atoms with Gasteiger partial charge in [-0.25, -0.2) is 0 Å². The summed E-state index contributed by atoms with van der Waals surface area (Å²) >= 11 is 1.55. The summed E-state index contributed by atoms with van der Waals surface area (Å²) in [7, 11) is 1.54. The minimum absolute atomic E-state index is 0.161. The molecule has 0 amide bonds. The van der Waals surface area contributed by atoms with Gasteiger partial charge in [-0.3, -0.25) is 0 Å². The number of para-hydroxylation sites is 1. The Bertz CT molecular complexity index is 569. The first-order valence-corrected chi connectivity index (χ1v) is 7.33. The lowest BCUT2D eigenvalue weighted by Gasteiger charge is -2.08. The van der Waals surface area contributed by atoms with Crippen LogP contribution in [0.2, 0.25) is 0 Å². The van der Waals surface area contributed by atoms with Gasteiger partial charge in [-0.05, 0) is 12.0 Å². The van der Waals surface area contributed by atoms with Crippen LogP contribution in [0.5, 0.6) is 11.5 Å². The molecule has 0 saturated carbocycles. The molecule has 0 bridgehead atoms. The number of benzene rings is 1. The van der Waals surface area contributed by atoms with Crippen molar-refractivity contribution >= 4 is 16.5 Å². The maximum Gasteiger partial charge on any atom is 0.205 e. The molecule has 0 radical (unpaired) electrons. The molecule has 0 aliphatic rings. The van der Waals surface area contributed by atoms with E-state index in [0.29, 0.717) is 18.2 Å². The van der Waals surface area contributed by atoms with Crippen LogP contribution in [0.15, 0.2) is 18.2 Å². The maximum absolute atomic E-state index is 9.99.